The molecule has 0 spiro atoms. The molecule has 5 rings (SSSR count). The molecule has 0 bridgehead atoms. The zero-order valence-electron chi connectivity index (χ0n) is 22.4. The minimum Gasteiger partial charge on any atom is -0.463 e. The second-order valence-electron chi connectivity index (χ2n) is 9.75. The molecule has 38 heavy (non-hydrogen) atoms. The quantitative estimate of drug-likeness (QED) is 0.448. The van der Waals surface area contributed by atoms with Crippen molar-refractivity contribution in [3.8, 4) is 0 Å². The number of aromatic nitrogens is 1. The highest BCUT2D eigenvalue weighted by molar-refractivity contribution is 7.07. The van der Waals surface area contributed by atoms with Gasteiger partial charge in [0, 0.05) is 58.1 Å². The van der Waals surface area contributed by atoms with Gasteiger partial charge in [0.05, 0.1) is 28.5 Å². The van der Waals surface area contributed by atoms with Crippen molar-refractivity contribution < 1.29 is 13.9 Å². The first-order chi connectivity index (χ1) is 18.3. The number of ether oxygens (including phenoxy) is 1. The Kier molecular flexibility index (Phi) is 7.27. The lowest BCUT2D eigenvalue weighted by molar-refractivity contribution is -0.139. The lowest BCUT2D eigenvalue weighted by Gasteiger charge is -2.32. The van der Waals surface area contributed by atoms with Crippen molar-refractivity contribution in [2.45, 2.75) is 19.9 Å². The molecule has 1 unspecified atom stereocenters. The summed E-state index contributed by atoms with van der Waals surface area (Å²) in [5.41, 5.74) is 2.54. The van der Waals surface area contributed by atoms with E-state index in [2.05, 4.69) is 21.8 Å². The van der Waals surface area contributed by atoms with E-state index in [1.807, 2.05) is 55.4 Å². The monoisotopic (exact) mass is 535 g/mol. The number of carbonyl (C=O) groups excluding carboxylic acids is 1. The summed E-state index contributed by atoms with van der Waals surface area (Å²) in [5, 5.41) is 0. The molecule has 1 fully saturated rings. The van der Waals surface area contributed by atoms with Gasteiger partial charge in [0.15, 0.2) is 10.7 Å². The molecule has 0 aliphatic carbocycles. The molecule has 1 aromatic carbocycles. The van der Waals surface area contributed by atoms with Crippen LogP contribution in [0.3, 0.4) is 0 Å². The first-order valence-electron chi connectivity index (χ1n) is 12.8. The van der Waals surface area contributed by atoms with Crippen LogP contribution in [0.4, 0.5) is 11.6 Å². The summed E-state index contributed by atoms with van der Waals surface area (Å²) >= 11 is 1.29. The van der Waals surface area contributed by atoms with Gasteiger partial charge in [-0.25, -0.2) is 9.79 Å². The molecule has 0 N–H and O–H groups in total. The SMILES string of the molecule is CCOC(=O)C1=C(C)N=c2s/c(=C/c3ccc(N4CCN(C)CC4)o3)c(=O)n2C1c1ccc(N(C)C)cc1. The van der Waals surface area contributed by atoms with Crippen LogP contribution in [-0.2, 0) is 9.53 Å². The molecule has 10 heteroatoms. The van der Waals surface area contributed by atoms with Crippen molar-refractivity contribution in [1.29, 1.82) is 0 Å². The number of rotatable bonds is 6. The third-order valence-electron chi connectivity index (χ3n) is 6.94. The number of likely N-dealkylation sites (N-methyl/N-ethyl adjacent to an activating group) is 1. The number of hydrogen-bond acceptors (Lipinski definition) is 9. The van der Waals surface area contributed by atoms with E-state index in [0.29, 0.717) is 26.4 Å². The van der Waals surface area contributed by atoms with Gasteiger partial charge >= 0.3 is 5.97 Å². The van der Waals surface area contributed by atoms with Gasteiger partial charge in [-0.15, -0.1) is 0 Å². The topological polar surface area (TPSA) is 83.5 Å². The van der Waals surface area contributed by atoms with E-state index >= 15 is 0 Å². The van der Waals surface area contributed by atoms with E-state index in [9.17, 15) is 9.59 Å². The zero-order valence-corrected chi connectivity index (χ0v) is 23.2. The normalized spacial score (nSPS) is 18.4. The smallest absolute Gasteiger partial charge is 0.338 e. The molecule has 0 amide bonds. The van der Waals surface area contributed by atoms with Gasteiger partial charge in [-0.1, -0.05) is 23.5 Å². The summed E-state index contributed by atoms with van der Waals surface area (Å²) < 4.78 is 13.6. The number of allylic oxidation sites excluding steroid dienone is 1. The number of fused-ring (bicyclic) bond motifs is 1. The molecule has 9 nitrogen and oxygen atoms in total. The molecule has 1 saturated heterocycles. The van der Waals surface area contributed by atoms with Crippen molar-refractivity contribution in [2.75, 3.05) is 63.7 Å². The Morgan fingerprint density at radius 2 is 1.87 bits per heavy atom. The van der Waals surface area contributed by atoms with Gasteiger partial charge in [-0.3, -0.25) is 9.36 Å². The number of benzene rings is 1. The number of furan rings is 1. The largest absolute Gasteiger partial charge is 0.463 e. The fourth-order valence-electron chi connectivity index (χ4n) is 4.81. The molecule has 2 aromatic heterocycles. The Morgan fingerprint density at radius 3 is 2.53 bits per heavy atom. The minimum absolute atomic E-state index is 0.220. The summed E-state index contributed by atoms with van der Waals surface area (Å²) in [4.78, 5) is 38.6. The molecule has 0 radical (unpaired) electrons. The van der Waals surface area contributed by atoms with Gasteiger partial charge in [0.25, 0.3) is 5.56 Å². The number of thiazole rings is 1. The van der Waals surface area contributed by atoms with E-state index in [4.69, 9.17) is 9.15 Å². The van der Waals surface area contributed by atoms with Crippen molar-refractivity contribution in [1.82, 2.24) is 9.47 Å². The van der Waals surface area contributed by atoms with Crippen LogP contribution in [0.5, 0.6) is 0 Å². The lowest BCUT2D eigenvalue weighted by Crippen LogP contribution is -2.44. The second-order valence-corrected chi connectivity index (χ2v) is 10.8. The molecule has 3 aromatic rings. The van der Waals surface area contributed by atoms with Crippen LogP contribution < -0.4 is 24.7 Å². The third kappa shape index (κ3) is 4.93. The third-order valence-corrected chi connectivity index (χ3v) is 7.93. The van der Waals surface area contributed by atoms with E-state index in [0.717, 1.165) is 43.3 Å². The number of nitrogens with zero attached hydrogens (tertiary/aromatic N) is 5. The van der Waals surface area contributed by atoms with Gasteiger partial charge in [0.2, 0.25) is 0 Å². The number of anilines is 2. The van der Waals surface area contributed by atoms with Crippen LogP contribution in [0.1, 0.15) is 31.2 Å². The molecule has 2 aliphatic heterocycles. The summed E-state index contributed by atoms with van der Waals surface area (Å²) in [6.07, 6.45) is 1.76. The van der Waals surface area contributed by atoms with Crippen molar-refractivity contribution in [3.05, 3.63) is 78.7 Å². The standard InChI is InChI=1S/C28H33N5O4S/c1-6-36-27(35)24-18(2)29-28-33(25(24)19-7-9-20(10-8-19)30(3)4)26(34)22(38-28)17-21-11-12-23(37-21)32-15-13-31(5)14-16-32/h7-12,17,25H,6,13-16H2,1-5H3/b22-17+. The minimum atomic E-state index is -0.638. The first kappa shape index (κ1) is 26.0. The Bertz CT molecular complexity index is 1540. The molecule has 200 valence electrons. The Balaban J connectivity index is 1.57. The van der Waals surface area contributed by atoms with E-state index in [1.54, 1.807) is 24.5 Å². The number of piperazine rings is 1. The van der Waals surface area contributed by atoms with Crippen molar-refractivity contribution in [3.63, 3.8) is 0 Å². The van der Waals surface area contributed by atoms with Crippen LogP contribution in [0.25, 0.3) is 6.08 Å². The fraction of sp³-hybridized carbons (Fsp3) is 0.393. The number of carbonyl (C=O) groups is 1. The van der Waals surface area contributed by atoms with Crippen LogP contribution in [0.2, 0.25) is 0 Å². The van der Waals surface area contributed by atoms with E-state index < -0.39 is 12.0 Å². The molecule has 0 saturated carbocycles. The molecule has 1 atom stereocenters. The first-order valence-corrected chi connectivity index (χ1v) is 13.6. The van der Waals surface area contributed by atoms with Crippen LogP contribution in [0, 0.1) is 0 Å². The van der Waals surface area contributed by atoms with Gasteiger partial charge in [0.1, 0.15) is 5.76 Å². The van der Waals surface area contributed by atoms with E-state index in [1.165, 1.54) is 11.3 Å². The predicted octanol–water partition coefficient (Wildman–Crippen LogP) is 2.21. The molecular weight excluding hydrogens is 502 g/mol. The van der Waals surface area contributed by atoms with Crippen LogP contribution in [0.15, 0.2) is 61.9 Å². The summed E-state index contributed by atoms with van der Waals surface area (Å²) in [6.45, 7) is 7.55. The fourth-order valence-corrected chi connectivity index (χ4v) is 5.83. The maximum absolute atomic E-state index is 13.8. The molecule has 2 aliphatic rings. The van der Waals surface area contributed by atoms with Crippen molar-refractivity contribution >= 4 is 35.0 Å². The van der Waals surface area contributed by atoms with Gasteiger partial charge in [-0.05, 0) is 44.7 Å². The Hall–Kier alpha value is -3.63. The Morgan fingerprint density at radius 1 is 1.16 bits per heavy atom. The second kappa shape index (κ2) is 10.6. The predicted molar refractivity (Wildman–Crippen MR) is 150 cm³/mol. The molecule has 4 heterocycles. The highest BCUT2D eigenvalue weighted by Crippen LogP contribution is 2.31. The van der Waals surface area contributed by atoms with Crippen molar-refractivity contribution in [2.24, 2.45) is 4.99 Å². The number of hydrogen-bond donors (Lipinski definition) is 0. The zero-order chi connectivity index (χ0) is 27.0. The lowest BCUT2D eigenvalue weighted by atomic mass is 9.95. The van der Waals surface area contributed by atoms with E-state index in [-0.39, 0.29) is 12.2 Å². The maximum atomic E-state index is 13.8. The average molecular weight is 536 g/mol. The highest BCUT2D eigenvalue weighted by Gasteiger charge is 2.33. The van der Waals surface area contributed by atoms with Crippen LogP contribution in [-0.4, -0.2) is 69.4 Å². The summed E-state index contributed by atoms with van der Waals surface area (Å²) in [6, 6.07) is 11.1. The summed E-state index contributed by atoms with van der Waals surface area (Å²) in [5.74, 6) is 0.946. The number of esters is 1. The van der Waals surface area contributed by atoms with Gasteiger partial charge < -0.3 is 23.9 Å². The maximum Gasteiger partial charge on any atom is 0.338 e. The molecular formula is C28H33N5O4S. The highest BCUT2D eigenvalue weighted by atomic mass is 32.1. The van der Waals surface area contributed by atoms with Gasteiger partial charge in [-0.2, -0.15) is 0 Å². The van der Waals surface area contributed by atoms with Crippen LogP contribution >= 0.6 is 11.3 Å². The Labute approximate surface area is 225 Å². The average Bonchev–Trinajstić information content (AvgIpc) is 3.48. The summed E-state index contributed by atoms with van der Waals surface area (Å²) in [7, 11) is 6.05.